The fraction of sp³-hybridized carbons (Fsp3) is 0.438. The molecule has 1 aromatic rings. The average Bonchev–Trinajstić information content (AvgIpc) is 2.43. The van der Waals surface area contributed by atoms with Crippen molar-refractivity contribution in [1.29, 1.82) is 0 Å². The number of rotatable bonds is 5. The molecule has 1 nitrogen and oxygen atoms in total. The van der Waals surface area contributed by atoms with Gasteiger partial charge in [-0.2, -0.15) is 26.3 Å². The van der Waals surface area contributed by atoms with E-state index in [2.05, 4.69) is 12.3 Å². The maximum Gasteiger partial charge on any atom is 0.416 e. The first-order valence-electron chi connectivity index (χ1n) is 6.81. The maximum absolute atomic E-state index is 12.8. The van der Waals surface area contributed by atoms with Gasteiger partial charge in [0.05, 0.1) is 17.2 Å². The molecule has 0 heterocycles. The molecule has 0 spiro atoms. The minimum absolute atomic E-state index is 0.0814. The van der Waals surface area contributed by atoms with Crippen molar-refractivity contribution in [3.05, 3.63) is 53.3 Å². The SMILES string of the molecule is C=C=CC(Cc1cc(C(F)(F)F)cc(C(F)(F)F)c1)C(O)CC. The summed E-state index contributed by atoms with van der Waals surface area (Å²) in [6, 6.07) is 1.42. The maximum atomic E-state index is 12.8. The second-order valence-electron chi connectivity index (χ2n) is 5.13. The van der Waals surface area contributed by atoms with E-state index in [0.29, 0.717) is 18.6 Å². The van der Waals surface area contributed by atoms with Gasteiger partial charge in [-0.25, -0.2) is 0 Å². The quantitative estimate of drug-likeness (QED) is 0.592. The van der Waals surface area contributed by atoms with Gasteiger partial charge in [-0.15, -0.1) is 5.73 Å². The van der Waals surface area contributed by atoms with Crippen LogP contribution in [0.5, 0.6) is 0 Å². The molecule has 1 N–H and O–H groups in total. The van der Waals surface area contributed by atoms with Crippen LogP contribution in [-0.4, -0.2) is 11.2 Å². The Labute approximate surface area is 129 Å². The van der Waals surface area contributed by atoms with Crippen molar-refractivity contribution in [2.45, 2.75) is 38.2 Å². The largest absolute Gasteiger partial charge is 0.416 e. The standard InChI is InChI=1S/C16H16F6O/c1-3-5-11(14(23)4-2)6-10-7-12(15(17,18)19)9-13(8-10)16(20,21)22/h5,7-9,11,14,23H,1,4,6H2,2H3. The van der Waals surface area contributed by atoms with Crippen molar-refractivity contribution in [1.82, 2.24) is 0 Å². The predicted molar refractivity (Wildman–Crippen MR) is 73.6 cm³/mol. The summed E-state index contributed by atoms with van der Waals surface area (Å²) >= 11 is 0. The lowest BCUT2D eigenvalue weighted by atomic mass is 9.90. The Balaban J connectivity index is 3.31. The Hall–Kier alpha value is -1.72. The summed E-state index contributed by atoms with van der Waals surface area (Å²) in [5.74, 6) is -0.665. The lowest BCUT2D eigenvalue weighted by Crippen LogP contribution is -2.20. The molecule has 0 bridgehead atoms. The third kappa shape index (κ3) is 5.44. The smallest absolute Gasteiger partial charge is 0.392 e. The van der Waals surface area contributed by atoms with Crippen LogP contribution in [0.25, 0.3) is 0 Å². The Kier molecular flexibility index (Phi) is 6.08. The molecular weight excluding hydrogens is 322 g/mol. The second kappa shape index (κ2) is 7.23. The fourth-order valence-electron chi connectivity index (χ4n) is 2.17. The van der Waals surface area contributed by atoms with E-state index < -0.39 is 35.5 Å². The van der Waals surface area contributed by atoms with Crippen molar-refractivity contribution >= 4 is 0 Å². The second-order valence-corrected chi connectivity index (χ2v) is 5.13. The topological polar surface area (TPSA) is 20.2 Å². The van der Waals surface area contributed by atoms with E-state index in [9.17, 15) is 31.4 Å². The number of hydrogen-bond donors (Lipinski definition) is 1. The van der Waals surface area contributed by atoms with Gasteiger partial charge in [0.1, 0.15) is 0 Å². The molecule has 0 aliphatic heterocycles. The van der Waals surface area contributed by atoms with Crippen LogP contribution in [0, 0.1) is 5.92 Å². The Morgan fingerprint density at radius 1 is 1.09 bits per heavy atom. The highest BCUT2D eigenvalue weighted by Gasteiger charge is 2.37. The molecule has 7 heteroatoms. The van der Waals surface area contributed by atoms with Gasteiger partial charge >= 0.3 is 12.4 Å². The first kappa shape index (κ1) is 19.3. The minimum Gasteiger partial charge on any atom is -0.392 e. The minimum atomic E-state index is -4.89. The first-order chi connectivity index (χ1) is 10.5. The molecule has 128 valence electrons. The highest BCUT2D eigenvalue weighted by atomic mass is 19.4. The molecule has 0 aromatic heterocycles. The summed E-state index contributed by atoms with van der Waals surface area (Å²) in [5.41, 5.74) is -0.475. The summed E-state index contributed by atoms with van der Waals surface area (Å²) in [6.45, 7) is 4.98. The van der Waals surface area contributed by atoms with Crippen LogP contribution >= 0.6 is 0 Å². The van der Waals surface area contributed by atoms with Gasteiger partial charge in [0.25, 0.3) is 0 Å². The summed E-state index contributed by atoms with van der Waals surface area (Å²) in [4.78, 5) is 0. The number of benzene rings is 1. The van der Waals surface area contributed by atoms with Crippen LogP contribution in [0.3, 0.4) is 0 Å². The number of alkyl halides is 6. The molecule has 2 atom stereocenters. The van der Waals surface area contributed by atoms with Crippen LogP contribution in [0.15, 0.2) is 36.6 Å². The van der Waals surface area contributed by atoms with Gasteiger partial charge in [-0.3, -0.25) is 0 Å². The number of halogens is 6. The van der Waals surface area contributed by atoms with Crippen molar-refractivity contribution < 1.29 is 31.4 Å². The lowest BCUT2D eigenvalue weighted by molar-refractivity contribution is -0.143. The van der Waals surface area contributed by atoms with E-state index in [1.165, 1.54) is 6.08 Å². The summed E-state index contributed by atoms with van der Waals surface area (Å²) in [7, 11) is 0. The predicted octanol–water partition coefficient (Wildman–Crippen LogP) is 4.99. The molecule has 23 heavy (non-hydrogen) atoms. The third-order valence-electron chi connectivity index (χ3n) is 3.36. The molecule has 0 aliphatic carbocycles. The molecule has 2 unspecified atom stereocenters. The van der Waals surface area contributed by atoms with Gasteiger partial charge in [-0.05, 0) is 42.7 Å². The van der Waals surface area contributed by atoms with E-state index in [0.717, 1.165) is 0 Å². The van der Waals surface area contributed by atoms with E-state index in [1.54, 1.807) is 6.92 Å². The van der Waals surface area contributed by atoms with Gasteiger partial charge in [0, 0.05) is 5.92 Å². The Morgan fingerprint density at radius 2 is 1.57 bits per heavy atom. The molecule has 0 saturated heterocycles. The van der Waals surface area contributed by atoms with Gasteiger partial charge in [-0.1, -0.05) is 13.5 Å². The van der Waals surface area contributed by atoms with Crippen molar-refractivity contribution in [2.24, 2.45) is 5.92 Å². The normalized spacial score (nSPS) is 15.0. The van der Waals surface area contributed by atoms with Crippen LogP contribution in [0.2, 0.25) is 0 Å². The zero-order valence-electron chi connectivity index (χ0n) is 12.3. The average molecular weight is 338 g/mol. The van der Waals surface area contributed by atoms with Crippen molar-refractivity contribution in [3.63, 3.8) is 0 Å². The summed E-state index contributed by atoms with van der Waals surface area (Å²) in [6.07, 6.45) is -9.21. The summed E-state index contributed by atoms with van der Waals surface area (Å²) in [5, 5.41) is 9.82. The molecule has 0 amide bonds. The summed E-state index contributed by atoms with van der Waals surface area (Å²) < 4.78 is 76.8. The zero-order valence-corrected chi connectivity index (χ0v) is 12.3. The van der Waals surface area contributed by atoms with Crippen LogP contribution in [-0.2, 0) is 18.8 Å². The highest BCUT2D eigenvalue weighted by molar-refractivity contribution is 5.34. The van der Waals surface area contributed by atoms with E-state index in [4.69, 9.17) is 0 Å². The molecule has 1 rings (SSSR count). The molecule has 0 saturated carbocycles. The third-order valence-corrected chi connectivity index (χ3v) is 3.36. The fourth-order valence-corrected chi connectivity index (χ4v) is 2.17. The highest BCUT2D eigenvalue weighted by Crippen LogP contribution is 2.37. The number of hydrogen-bond acceptors (Lipinski definition) is 1. The molecule has 0 fully saturated rings. The van der Waals surface area contributed by atoms with Gasteiger partial charge in [0.15, 0.2) is 0 Å². The van der Waals surface area contributed by atoms with Crippen LogP contribution < -0.4 is 0 Å². The van der Waals surface area contributed by atoms with E-state index in [-0.39, 0.29) is 18.1 Å². The molecule has 0 aliphatic rings. The van der Waals surface area contributed by atoms with Crippen LogP contribution in [0.4, 0.5) is 26.3 Å². The number of aliphatic hydroxyl groups is 1. The van der Waals surface area contributed by atoms with E-state index >= 15 is 0 Å². The van der Waals surface area contributed by atoms with Gasteiger partial charge < -0.3 is 5.11 Å². The monoisotopic (exact) mass is 338 g/mol. The molecule has 1 aromatic carbocycles. The van der Waals surface area contributed by atoms with E-state index in [1.807, 2.05) is 0 Å². The zero-order chi connectivity index (χ0) is 17.8. The van der Waals surface area contributed by atoms with Gasteiger partial charge in [0.2, 0.25) is 0 Å². The first-order valence-corrected chi connectivity index (χ1v) is 6.81. The van der Waals surface area contributed by atoms with Crippen molar-refractivity contribution in [3.8, 4) is 0 Å². The van der Waals surface area contributed by atoms with Crippen molar-refractivity contribution in [2.75, 3.05) is 0 Å². The lowest BCUT2D eigenvalue weighted by Gasteiger charge is -2.20. The molecule has 0 radical (unpaired) electrons. The molecular formula is C16H16F6O. The Bertz CT molecular complexity index is 549. The Morgan fingerprint density at radius 3 is 1.91 bits per heavy atom. The van der Waals surface area contributed by atoms with Crippen LogP contribution in [0.1, 0.15) is 30.0 Å². The number of aliphatic hydroxyl groups excluding tert-OH is 1.